The van der Waals surface area contributed by atoms with Crippen LogP contribution in [0.1, 0.15) is 5.56 Å². The second kappa shape index (κ2) is 4.31. The zero-order valence-corrected chi connectivity index (χ0v) is 8.58. The Hall–Kier alpha value is -1.27. The fourth-order valence-electron chi connectivity index (χ4n) is 1.50. The molecule has 1 aromatic carbocycles. The Morgan fingerprint density at radius 1 is 1.31 bits per heavy atom. The molecule has 1 atom stereocenters. The van der Waals surface area contributed by atoms with Crippen LogP contribution in [0.4, 0.5) is 13.2 Å². The zero-order valence-electron chi connectivity index (χ0n) is 8.58. The van der Waals surface area contributed by atoms with Crippen LogP contribution in [0.15, 0.2) is 24.3 Å². The first kappa shape index (κ1) is 12.8. The maximum Gasteiger partial charge on any atom is 0.423 e. The highest BCUT2D eigenvalue weighted by Crippen LogP contribution is 2.44. The lowest BCUT2D eigenvalue weighted by molar-refractivity contribution is -0.272. The lowest BCUT2D eigenvalue weighted by atomic mass is 9.92. The van der Waals surface area contributed by atoms with Crippen molar-refractivity contribution in [2.45, 2.75) is 11.8 Å². The Morgan fingerprint density at radius 3 is 2.25 bits per heavy atom. The van der Waals surface area contributed by atoms with Crippen molar-refractivity contribution in [1.29, 1.82) is 0 Å². The summed E-state index contributed by atoms with van der Waals surface area (Å²) in [5.74, 6) is -0.493. The minimum atomic E-state index is -4.70. The Labute approximate surface area is 90.6 Å². The van der Waals surface area contributed by atoms with Crippen molar-refractivity contribution in [3.8, 4) is 5.75 Å². The molecule has 0 fully saturated rings. The molecule has 3 N–H and O–H groups in total. The van der Waals surface area contributed by atoms with Gasteiger partial charge in [-0.25, -0.2) is 0 Å². The van der Waals surface area contributed by atoms with E-state index in [1.54, 1.807) is 0 Å². The zero-order chi connectivity index (χ0) is 12.4. The maximum atomic E-state index is 12.9. The summed E-state index contributed by atoms with van der Waals surface area (Å²) < 4.78 is 43.3. The monoisotopic (exact) mass is 235 g/mol. The van der Waals surface area contributed by atoms with Gasteiger partial charge in [0.2, 0.25) is 5.60 Å². The molecule has 0 saturated carbocycles. The third kappa shape index (κ3) is 1.85. The van der Waals surface area contributed by atoms with Crippen LogP contribution in [0.25, 0.3) is 0 Å². The Kier molecular flexibility index (Phi) is 3.44. The molecule has 3 nitrogen and oxygen atoms in total. The molecule has 0 aliphatic rings. The molecule has 90 valence electrons. The highest BCUT2D eigenvalue weighted by atomic mass is 19.4. The average molecular weight is 235 g/mol. The molecule has 0 heterocycles. The summed E-state index contributed by atoms with van der Waals surface area (Å²) in [6.45, 7) is -0.801. The molecular weight excluding hydrogens is 223 g/mol. The number of ether oxygens (including phenoxy) is 1. The molecule has 0 bridgehead atoms. The largest absolute Gasteiger partial charge is 0.508 e. The van der Waals surface area contributed by atoms with Crippen molar-refractivity contribution >= 4 is 0 Å². The van der Waals surface area contributed by atoms with Crippen LogP contribution in [0.2, 0.25) is 0 Å². The summed E-state index contributed by atoms with van der Waals surface area (Å²) in [6, 6.07) is 5.10. The minimum Gasteiger partial charge on any atom is -0.508 e. The van der Waals surface area contributed by atoms with Gasteiger partial charge < -0.3 is 15.6 Å². The fourth-order valence-corrected chi connectivity index (χ4v) is 1.50. The molecule has 0 amide bonds. The molecule has 0 radical (unpaired) electrons. The molecule has 0 aliphatic heterocycles. The van der Waals surface area contributed by atoms with Gasteiger partial charge in [0.05, 0.1) is 0 Å². The van der Waals surface area contributed by atoms with Crippen molar-refractivity contribution in [2.24, 2.45) is 5.73 Å². The average Bonchev–Trinajstić information content (AvgIpc) is 2.21. The summed E-state index contributed by atoms with van der Waals surface area (Å²) in [6.07, 6.45) is -4.70. The van der Waals surface area contributed by atoms with Crippen molar-refractivity contribution in [3.63, 3.8) is 0 Å². The first-order chi connectivity index (χ1) is 7.39. The summed E-state index contributed by atoms with van der Waals surface area (Å²) in [7, 11) is 0.910. The van der Waals surface area contributed by atoms with E-state index in [1.165, 1.54) is 12.1 Å². The van der Waals surface area contributed by atoms with E-state index in [4.69, 9.17) is 5.73 Å². The smallest absolute Gasteiger partial charge is 0.423 e. The molecule has 0 saturated heterocycles. The van der Waals surface area contributed by atoms with E-state index in [0.717, 1.165) is 19.2 Å². The number of hydrogen-bond acceptors (Lipinski definition) is 3. The maximum absolute atomic E-state index is 12.9. The third-order valence-electron chi connectivity index (χ3n) is 2.43. The number of phenolic OH excluding ortho intramolecular Hbond substituents is 1. The van der Waals surface area contributed by atoms with E-state index in [1.807, 2.05) is 0 Å². The Morgan fingerprint density at radius 2 is 1.88 bits per heavy atom. The normalized spacial score (nSPS) is 15.8. The first-order valence-electron chi connectivity index (χ1n) is 4.49. The number of halogens is 3. The number of nitrogens with two attached hydrogens (primary N) is 1. The summed E-state index contributed by atoms with van der Waals surface area (Å²) in [5.41, 5.74) is 2.10. The predicted molar refractivity (Wildman–Crippen MR) is 51.9 cm³/mol. The van der Waals surface area contributed by atoms with Gasteiger partial charge in [0.25, 0.3) is 0 Å². The van der Waals surface area contributed by atoms with Gasteiger partial charge >= 0.3 is 6.18 Å². The second-order valence-electron chi connectivity index (χ2n) is 3.25. The van der Waals surface area contributed by atoms with E-state index < -0.39 is 24.1 Å². The predicted octanol–water partition coefficient (Wildman–Crippen LogP) is 1.75. The topological polar surface area (TPSA) is 55.5 Å². The van der Waals surface area contributed by atoms with E-state index in [2.05, 4.69) is 4.74 Å². The number of rotatable bonds is 3. The van der Waals surface area contributed by atoms with Gasteiger partial charge in [-0.15, -0.1) is 0 Å². The summed E-state index contributed by atoms with van der Waals surface area (Å²) in [5, 5.41) is 9.44. The molecular formula is C10H12F3NO2. The molecule has 1 aromatic rings. The molecule has 1 rings (SSSR count). The first-order valence-corrected chi connectivity index (χ1v) is 4.49. The van der Waals surface area contributed by atoms with E-state index in [0.29, 0.717) is 0 Å². The number of phenols is 1. The van der Waals surface area contributed by atoms with Crippen molar-refractivity contribution in [2.75, 3.05) is 13.7 Å². The van der Waals surface area contributed by atoms with Gasteiger partial charge in [0.1, 0.15) is 5.75 Å². The number of aromatic hydroxyl groups is 1. The van der Waals surface area contributed by atoms with Gasteiger partial charge in [-0.1, -0.05) is 18.2 Å². The lowest BCUT2D eigenvalue weighted by Crippen LogP contribution is -2.49. The molecule has 0 aromatic heterocycles. The molecule has 6 heteroatoms. The minimum absolute atomic E-state index is 0.382. The van der Waals surface area contributed by atoms with Crippen LogP contribution in [0.3, 0.4) is 0 Å². The van der Waals surface area contributed by atoms with E-state index in [9.17, 15) is 18.3 Å². The van der Waals surface area contributed by atoms with E-state index >= 15 is 0 Å². The Balaban J connectivity index is 3.38. The van der Waals surface area contributed by atoms with Gasteiger partial charge in [0, 0.05) is 19.2 Å². The highest BCUT2D eigenvalue weighted by molar-refractivity contribution is 5.38. The van der Waals surface area contributed by atoms with Crippen LogP contribution in [-0.2, 0) is 10.3 Å². The van der Waals surface area contributed by atoms with Gasteiger partial charge in [-0.05, 0) is 6.07 Å². The fraction of sp³-hybridized carbons (Fsp3) is 0.400. The summed E-state index contributed by atoms with van der Waals surface area (Å²) >= 11 is 0. The molecule has 1 unspecified atom stereocenters. The number of methoxy groups -OCH3 is 1. The van der Waals surface area contributed by atoms with Gasteiger partial charge in [0.15, 0.2) is 0 Å². The standard InChI is InChI=1S/C10H12F3NO2/c1-16-9(6-14,10(11,12)13)7-4-2-3-5-8(7)15/h2-5,15H,6,14H2,1H3. The molecule has 0 spiro atoms. The Bertz CT molecular complexity index is 361. The number of benzene rings is 1. The van der Waals surface area contributed by atoms with Crippen LogP contribution >= 0.6 is 0 Å². The second-order valence-corrected chi connectivity index (χ2v) is 3.25. The van der Waals surface area contributed by atoms with Crippen LogP contribution in [0.5, 0.6) is 5.75 Å². The van der Waals surface area contributed by atoms with Crippen molar-refractivity contribution < 1.29 is 23.0 Å². The molecule has 16 heavy (non-hydrogen) atoms. The van der Waals surface area contributed by atoms with Gasteiger partial charge in [-0.3, -0.25) is 0 Å². The SMILES string of the molecule is COC(CN)(c1ccccc1O)C(F)(F)F. The molecule has 0 aliphatic carbocycles. The van der Waals surface area contributed by atoms with Gasteiger partial charge in [-0.2, -0.15) is 13.2 Å². The number of alkyl halides is 3. The van der Waals surface area contributed by atoms with Crippen molar-refractivity contribution in [1.82, 2.24) is 0 Å². The van der Waals surface area contributed by atoms with Crippen LogP contribution in [0, 0.1) is 0 Å². The van der Waals surface area contributed by atoms with Crippen LogP contribution in [-0.4, -0.2) is 24.9 Å². The summed E-state index contributed by atoms with van der Waals surface area (Å²) in [4.78, 5) is 0. The number of hydrogen-bond donors (Lipinski definition) is 2. The third-order valence-corrected chi connectivity index (χ3v) is 2.43. The quantitative estimate of drug-likeness (QED) is 0.839. The lowest BCUT2D eigenvalue weighted by Gasteiger charge is -2.33. The number of para-hydroxylation sites is 1. The highest BCUT2D eigenvalue weighted by Gasteiger charge is 2.57. The van der Waals surface area contributed by atoms with Crippen LogP contribution < -0.4 is 5.73 Å². The van der Waals surface area contributed by atoms with Crippen molar-refractivity contribution in [3.05, 3.63) is 29.8 Å². The van der Waals surface area contributed by atoms with E-state index in [-0.39, 0.29) is 5.56 Å².